The van der Waals surface area contributed by atoms with Crippen LogP contribution < -0.4 is 16.6 Å². The number of nitrogens with zero attached hydrogens (tertiary/aromatic N) is 2. The minimum absolute atomic E-state index is 0.00688. The molecule has 6 heteroatoms. The number of ether oxygens (including phenoxy) is 1. The molecular formula is C14H25N5O. The molecule has 0 amide bonds. The molecule has 1 aromatic heterocycles. The van der Waals surface area contributed by atoms with Gasteiger partial charge in [-0.05, 0) is 32.6 Å². The second-order valence-electron chi connectivity index (χ2n) is 5.40. The lowest BCUT2D eigenvalue weighted by Crippen LogP contribution is -2.43. The summed E-state index contributed by atoms with van der Waals surface area (Å²) in [6.45, 7) is 7.04. The van der Waals surface area contributed by atoms with Gasteiger partial charge in [-0.25, -0.2) is 15.8 Å². The lowest BCUT2D eigenvalue weighted by Gasteiger charge is -2.40. The molecule has 6 nitrogen and oxygen atoms in total. The van der Waals surface area contributed by atoms with Crippen LogP contribution in [-0.2, 0) is 4.74 Å². The molecule has 1 aromatic rings. The zero-order valence-electron chi connectivity index (χ0n) is 12.6. The molecule has 2 rings (SSSR count). The molecule has 1 fully saturated rings. The van der Waals surface area contributed by atoms with Crippen molar-refractivity contribution >= 4 is 11.6 Å². The molecule has 1 aliphatic rings. The SMILES string of the molecule is CCC1(CC)CC(Nc2cc(NN)nc(C)n2)CCO1. The Bertz CT molecular complexity index is 447. The van der Waals surface area contributed by atoms with Crippen molar-refractivity contribution in [3.8, 4) is 0 Å². The molecule has 1 aliphatic heterocycles. The van der Waals surface area contributed by atoms with E-state index in [-0.39, 0.29) is 5.60 Å². The summed E-state index contributed by atoms with van der Waals surface area (Å²) in [7, 11) is 0. The van der Waals surface area contributed by atoms with E-state index in [0.29, 0.717) is 17.7 Å². The van der Waals surface area contributed by atoms with E-state index in [1.807, 2.05) is 13.0 Å². The van der Waals surface area contributed by atoms with Gasteiger partial charge in [0.05, 0.1) is 5.60 Å². The second kappa shape index (κ2) is 6.37. The molecule has 0 bridgehead atoms. The Morgan fingerprint density at radius 2 is 2.05 bits per heavy atom. The van der Waals surface area contributed by atoms with Gasteiger partial charge in [-0.1, -0.05) is 13.8 Å². The zero-order valence-corrected chi connectivity index (χ0v) is 12.6. The minimum atomic E-state index is 0.00688. The van der Waals surface area contributed by atoms with Crippen LogP contribution in [0, 0.1) is 6.92 Å². The second-order valence-corrected chi connectivity index (χ2v) is 5.40. The highest BCUT2D eigenvalue weighted by atomic mass is 16.5. The normalized spacial score (nSPS) is 21.5. The molecule has 1 atom stereocenters. The van der Waals surface area contributed by atoms with Crippen molar-refractivity contribution < 1.29 is 4.74 Å². The predicted molar refractivity (Wildman–Crippen MR) is 80.5 cm³/mol. The summed E-state index contributed by atoms with van der Waals surface area (Å²) in [4.78, 5) is 8.61. The van der Waals surface area contributed by atoms with Gasteiger partial charge in [-0.15, -0.1) is 0 Å². The zero-order chi connectivity index (χ0) is 14.6. The number of anilines is 2. The van der Waals surface area contributed by atoms with Crippen LogP contribution in [0.25, 0.3) is 0 Å². The lowest BCUT2D eigenvalue weighted by molar-refractivity contribution is -0.0864. The average Bonchev–Trinajstić information content (AvgIpc) is 2.46. The first-order valence-corrected chi connectivity index (χ1v) is 7.33. The summed E-state index contributed by atoms with van der Waals surface area (Å²) < 4.78 is 6.00. The van der Waals surface area contributed by atoms with Gasteiger partial charge in [-0.3, -0.25) is 0 Å². The van der Waals surface area contributed by atoms with E-state index >= 15 is 0 Å². The third kappa shape index (κ3) is 3.37. The number of aryl methyl sites for hydroxylation is 1. The van der Waals surface area contributed by atoms with Gasteiger partial charge >= 0.3 is 0 Å². The molecule has 0 spiro atoms. The molecule has 0 radical (unpaired) electrons. The van der Waals surface area contributed by atoms with Crippen molar-refractivity contribution in [2.24, 2.45) is 5.84 Å². The standard InChI is InChI=1S/C14H25N5O/c1-4-14(5-2)9-11(6-7-20-14)18-12-8-13(19-15)17-10(3)16-12/h8,11H,4-7,9,15H2,1-3H3,(H2,16,17,18,19). The van der Waals surface area contributed by atoms with Gasteiger partial charge in [0.25, 0.3) is 0 Å². The van der Waals surface area contributed by atoms with Crippen molar-refractivity contribution in [3.05, 3.63) is 11.9 Å². The number of hydrazine groups is 1. The summed E-state index contributed by atoms with van der Waals surface area (Å²) in [5.74, 6) is 7.57. The number of hydrogen-bond acceptors (Lipinski definition) is 6. The van der Waals surface area contributed by atoms with Crippen LogP contribution >= 0.6 is 0 Å². The third-order valence-corrected chi connectivity index (χ3v) is 4.12. The fraction of sp³-hybridized carbons (Fsp3) is 0.714. The maximum absolute atomic E-state index is 6.00. The monoisotopic (exact) mass is 279 g/mol. The Labute approximate surface area is 120 Å². The molecule has 4 N–H and O–H groups in total. The Kier molecular flexibility index (Phi) is 4.77. The van der Waals surface area contributed by atoms with Crippen LogP contribution in [0.1, 0.15) is 45.4 Å². The highest BCUT2D eigenvalue weighted by Gasteiger charge is 2.34. The van der Waals surface area contributed by atoms with Gasteiger partial charge in [0, 0.05) is 18.7 Å². The molecular weight excluding hydrogens is 254 g/mol. The van der Waals surface area contributed by atoms with Crippen LogP contribution in [-0.4, -0.2) is 28.2 Å². The highest BCUT2D eigenvalue weighted by molar-refractivity contribution is 5.47. The van der Waals surface area contributed by atoms with Gasteiger partial charge in [-0.2, -0.15) is 0 Å². The van der Waals surface area contributed by atoms with E-state index in [2.05, 4.69) is 34.6 Å². The first kappa shape index (κ1) is 15.0. The van der Waals surface area contributed by atoms with Gasteiger partial charge < -0.3 is 15.5 Å². The number of rotatable bonds is 5. The van der Waals surface area contributed by atoms with Crippen molar-refractivity contribution in [2.45, 2.75) is 58.1 Å². The number of nitrogens with one attached hydrogen (secondary N) is 2. The smallest absolute Gasteiger partial charge is 0.145 e. The number of nitrogens with two attached hydrogens (primary N) is 1. The first-order valence-electron chi connectivity index (χ1n) is 7.33. The first-order chi connectivity index (χ1) is 9.60. The van der Waals surface area contributed by atoms with E-state index in [9.17, 15) is 0 Å². The number of aromatic nitrogens is 2. The van der Waals surface area contributed by atoms with Crippen molar-refractivity contribution in [2.75, 3.05) is 17.3 Å². The van der Waals surface area contributed by atoms with Crippen LogP contribution in [0.4, 0.5) is 11.6 Å². The van der Waals surface area contributed by atoms with Crippen LogP contribution in [0.3, 0.4) is 0 Å². The van der Waals surface area contributed by atoms with E-state index in [4.69, 9.17) is 10.6 Å². The Hall–Kier alpha value is -1.40. The summed E-state index contributed by atoms with van der Waals surface area (Å²) in [6, 6.07) is 2.21. The van der Waals surface area contributed by atoms with E-state index < -0.39 is 0 Å². The Morgan fingerprint density at radius 1 is 1.35 bits per heavy atom. The van der Waals surface area contributed by atoms with E-state index in [0.717, 1.165) is 38.1 Å². The maximum atomic E-state index is 6.00. The molecule has 20 heavy (non-hydrogen) atoms. The fourth-order valence-corrected chi connectivity index (χ4v) is 2.82. The van der Waals surface area contributed by atoms with Crippen LogP contribution in [0.2, 0.25) is 0 Å². The lowest BCUT2D eigenvalue weighted by atomic mass is 9.86. The molecule has 0 aromatic carbocycles. The molecule has 112 valence electrons. The molecule has 0 saturated carbocycles. The minimum Gasteiger partial charge on any atom is -0.375 e. The van der Waals surface area contributed by atoms with Crippen LogP contribution in [0.15, 0.2) is 6.07 Å². The predicted octanol–water partition coefficient (Wildman–Crippen LogP) is 2.22. The molecule has 0 aliphatic carbocycles. The van der Waals surface area contributed by atoms with Crippen molar-refractivity contribution in [1.29, 1.82) is 0 Å². The largest absolute Gasteiger partial charge is 0.375 e. The average molecular weight is 279 g/mol. The third-order valence-electron chi connectivity index (χ3n) is 4.12. The van der Waals surface area contributed by atoms with Gasteiger partial charge in [0.2, 0.25) is 0 Å². The molecule has 1 unspecified atom stereocenters. The van der Waals surface area contributed by atoms with E-state index in [1.54, 1.807) is 0 Å². The maximum Gasteiger partial charge on any atom is 0.145 e. The number of nitrogen functional groups attached to an aromatic ring is 1. The highest BCUT2D eigenvalue weighted by Crippen LogP contribution is 2.32. The van der Waals surface area contributed by atoms with Gasteiger partial charge in [0.15, 0.2) is 0 Å². The van der Waals surface area contributed by atoms with Gasteiger partial charge in [0.1, 0.15) is 17.5 Å². The summed E-state index contributed by atoms with van der Waals surface area (Å²) in [5, 5.41) is 3.49. The molecule has 2 heterocycles. The Balaban J connectivity index is 2.08. The van der Waals surface area contributed by atoms with Crippen molar-refractivity contribution in [1.82, 2.24) is 9.97 Å². The van der Waals surface area contributed by atoms with E-state index in [1.165, 1.54) is 0 Å². The summed E-state index contributed by atoms with van der Waals surface area (Å²) in [6.07, 6.45) is 4.09. The number of hydrogen-bond donors (Lipinski definition) is 3. The summed E-state index contributed by atoms with van der Waals surface area (Å²) in [5.41, 5.74) is 2.58. The molecule has 1 saturated heterocycles. The Morgan fingerprint density at radius 3 is 2.70 bits per heavy atom. The summed E-state index contributed by atoms with van der Waals surface area (Å²) >= 11 is 0. The van der Waals surface area contributed by atoms with Crippen LogP contribution in [0.5, 0.6) is 0 Å². The quantitative estimate of drug-likeness (QED) is 0.566. The topological polar surface area (TPSA) is 85.1 Å². The van der Waals surface area contributed by atoms with Crippen molar-refractivity contribution in [3.63, 3.8) is 0 Å². The fourth-order valence-electron chi connectivity index (χ4n) is 2.82.